The predicted octanol–water partition coefficient (Wildman–Crippen LogP) is 3.41. The average molecular weight is 269 g/mol. The summed E-state index contributed by atoms with van der Waals surface area (Å²) >= 11 is 3.36. The zero-order valence-corrected chi connectivity index (χ0v) is 10.3. The number of amides is 2. The van der Waals surface area contributed by atoms with Crippen LogP contribution in [0, 0.1) is 6.92 Å². The third-order valence-corrected chi connectivity index (χ3v) is 2.26. The van der Waals surface area contributed by atoms with Crippen molar-refractivity contribution >= 4 is 27.6 Å². The third-order valence-electron chi connectivity index (χ3n) is 1.76. The Morgan fingerprint density at radius 3 is 2.67 bits per heavy atom. The van der Waals surface area contributed by atoms with E-state index >= 15 is 0 Å². The number of urea groups is 1. The molecule has 0 aliphatic carbocycles. The van der Waals surface area contributed by atoms with Crippen LogP contribution < -0.4 is 10.6 Å². The van der Waals surface area contributed by atoms with E-state index in [-0.39, 0.29) is 6.03 Å². The number of halogens is 1. The Bertz CT molecular complexity index is 402. The fourth-order valence-electron chi connectivity index (χ4n) is 1.11. The highest BCUT2D eigenvalue weighted by molar-refractivity contribution is 9.10. The van der Waals surface area contributed by atoms with Gasteiger partial charge in [0, 0.05) is 15.9 Å². The molecule has 80 valence electrons. The van der Waals surface area contributed by atoms with Crippen molar-refractivity contribution < 1.29 is 4.79 Å². The van der Waals surface area contributed by atoms with Crippen molar-refractivity contribution in [1.82, 2.24) is 5.32 Å². The first-order chi connectivity index (χ1) is 6.99. The monoisotopic (exact) mass is 268 g/mol. The molecular formula is C11H13BrN2O. The van der Waals surface area contributed by atoms with Crippen molar-refractivity contribution in [1.29, 1.82) is 0 Å². The lowest BCUT2D eigenvalue weighted by atomic mass is 10.2. The van der Waals surface area contributed by atoms with E-state index in [0.29, 0.717) is 5.70 Å². The minimum Gasteiger partial charge on any atom is -0.312 e. The van der Waals surface area contributed by atoms with Gasteiger partial charge in [0.1, 0.15) is 0 Å². The smallest absolute Gasteiger partial charge is 0.312 e. The molecule has 0 unspecified atom stereocenters. The molecule has 0 aliphatic heterocycles. The number of carbonyl (C=O) groups is 1. The van der Waals surface area contributed by atoms with Crippen molar-refractivity contribution in [3.05, 3.63) is 40.5 Å². The molecule has 0 saturated heterocycles. The molecule has 0 atom stereocenters. The molecule has 1 aromatic rings. The maximum Gasteiger partial charge on any atom is 0.323 e. The number of nitrogens with one attached hydrogen (secondary N) is 2. The van der Waals surface area contributed by atoms with Gasteiger partial charge in [0.25, 0.3) is 0 Å². The van der Waals surface area contributed by atoms with Crippen molar-refractivity contribution in [3.8, 4) is 0 Å². The summed E-state index contributed by atoms with van der Waals surface area (Å²) in [6, 6.07) is 5.39. The van der Waals surface area contributed by atoms with E-state index in [0.717, 1.165) is 15.7 Å². The summed E-state index contributed by atoms with van der Waals surface area (Å²) in [5.41, 5.74) is 2.40. The Morgan fingerprint density at radius 2 is 2.13 bits per heavy atom. The summed E-state index contributed by atoms with van der Waals surface area (Å²) in [5.74, 6) is 0. The summed E-state index contributed by atoms with van der Waals surface area (Å²) in [6.45, 7) is 7.26. The van der Waals surface area contributed by atoms with Crippen LogP contribution in [0.15, 0.2) is 34.9 Å². The lowest BCUT2D eigenvalue weighted by molar-refractivity contribution is 0.254. The molecule has 0 spiro atoms. The molecule has 1 aromatic carbocycles. The Hall–Kier alpha value is -1.29. The lowest BCUT2D eigenvalue weighted by Gasteiger charge is -2.09. The van der Waals surface area contributed by atoms with Crippen LogP contribution in [0.1, 0.15) is 12.5 Å². The van der Waals surface area contributed by atoms with Crippen LogP contribution >= 0.6 is 15.9 Å². The Kier molecular flexibility index (Phi) is 3.91. The zero-order valence-electron chi connectivity index (χ0n) is 8.73. The van der Waals surface area contributed by atoms with Crippen LogP contribution in [0.4, 0.5) is 10.5 Å². The number of rotatable bonds is 2. The number of hydrogen-bond donors (Lipinski definition) is 2. The molecule has 0 saturated carbocycles. The van der Waals surface area contributed by atoms with Gasteiger partial charge < -0.3 is 10.6 Å². The predicted molar refractivity (Wildman–Crippen MR) is 65.8 cm³/mol. The quantitative estimate of drug-likeness (QED) is 0.848. The maximum atomic E-state index is 11.4. The van der Waals surface area contributed by atoms with Gasteiger partial charge in [-0.25, -0.2) is 4.79 Å². The molecule has 2 amide bonds. The Labute approximate surface area is 97.7 Å². The molecule has 0 radical (unpaired) electrons. The fourth-order valence-corrected chi connectivity index (χ4v) is 1.59. The summed E-state index contributed by atoms with van der Waals surface area (Å²) in [7, 11) is 0. The van der Waals surface area contributed by atoms with E-state index in [9.17, 15) is 4.79 Å². The van der Waals surface area contributed by atoms with Gasteiger partial charge in [-0.2, -0.15) is 0 Å². The topological polar surface area (TPSA) is 41.1 Å². The highest BCUT2D eigenvalue weighted by Crippen LogP contribution is 2.19. The fraction of sp³-hybridized carbons (Fsp3) is 0.182. The second kappa shape index (κ2) is 4.98. The number of carbonyl (C=O) groups excluding carboxylic acids is 1. The van der Waals surface area contributed by atoms with E-state index in [1.54, 1.807) is 6.92 Å². The number of benzene rings is 1. The lowest BCUT2D eigenvalue weighted by Crippen LogP contribution is -2.26. The molecule has 1 rings (SSSR count). The molecule has 0 bridgehead atoms. The van der Waals surface area contributed by atoms with Crippen LogP contribution in [0.25, 0.3) is 0 Å². The first-order valence-corrected chi connectivity index (χ1v) is 5.28. The van der Waals surface area contributed by atoms with Crippen LogP contribution in [-0.4, -0.2) is 6.03 Å². The minimum atomic E-state index is -0.270. The molecule has 0 aliphatic rings. The third kappa shape index (κ3) is 3.75. The standard InChI is InChI=1S/C11H13BrN2O/c1-7(2)13-11(15)14-10-5-4-9(12)6-8(10)3/h4-6H,1H2,2-3H3,(H2,13,14,15). The molecule has 0 fully saturated rings. The van der Waals surface area contributed by atoms with Gasteiger partial charge in [0.2, 0.25) is 0 Å². The number of hydrogen-bond acceptors (Lipinski definition) is 1. The van der Waals surface area contributed by atoms with Crippen LogP contribution in [0.2, 0.25) is 0 Å². The largest absolute Gasteiger partial charge is 0.323 e. The molecule has 0 aromatic heterocycles. The molecule has 0 heterocycles. The first-order valence-electron chi connectivity index (χ1n) is 4.48. The van der Waals surface area contributed by atoms with Gasteiger partial charge in [-0.1, -0.05) is 22.5 Å². The van der Waals surface area contributed by atoms with Crippen LogP contribution in [-0.2, 0) is 0 Å². The van der Waals surface area contributed by atoms with E-state index in [4.69, 9.17) is 0 Å². The SMILES string of the molecule is C=C(C)NC(=O)Nc1ccc(Br)cc1C. The number of anilines is 1. The van der Waals surface area contributed by atoms with Crippen molar-refractivity contribution in [2.75, 3.05) is 5.32 Å². The first kappa shape index (κ1) is 11.8. The van der Waals surface area contributed by atoms with E-state index < -0.39 is 0 Å². The summed E-state index contributed by atoms with van der Waals surface area (Å²) in [4.78, 5) is 11.4. The van der Waals surface area contributed by atoms with Crippen molar-refractivity contribution in [3.63, 3.8) is 0 Å². The van der Waals surface area contributed by atoms with Crippen LogP contribution in [0.5, 0.6) is 0 Å². The maximum absolute atomic E-state index is 11.4. The van der Waals surface area contributed by atoms with Gasteiger partial charge in [-0.3, -0.25) is 0 Å². The van der Waals surface area contributed by atoms with Gasteiger partial charge in [0.05, 0.1) is 0 Å². The van der Waals surface area contributed by atoms with Gasteiger partial charge in [-0.15, -0.1) is 0 Å². The van der Waals surface area contributed by atoms with Gasteiger partial charge >= 0.3 is 6.03 Å². The molecule has 15 heavy (non-hydrogen) atoms. The summed E-state index contributed by atoms with van der Waals surface area (Å²) < 4.78 is 0.992. The zero-order chi connectivity index (χ0) is 11.4. The normalized spacial score (nSPS) is 9.53. The molecular weight excluding hydrogens is 256 g/mol. The highest BCUT2D eigenvalue weighted by atomic mass is 79.9. The highest BCUT2D eigenvalue weighted by Gasteiger charge is 2.03. The second-order valence-electron chi connectivity index (χ2n) is 3.32. The number of aryl methyl sites for hydroxylation is 1. The number of allylic oxidation sites excluding steroid dienone is 1. The van der Waals surface area contributed by atoms with Crippen molar-refractivity contribution in [2.24, 2.45) is 0 Å². The van der Waals surface area contributed by atoms with E-state index in [2.05, 4.69) is 33.1 Å². The molecule has 2 N–H and O–H groups in total. The molecule has 3 nitrogen and oxygen atoms in total. The van der Waals surface area contributed by atoms with Gasteiger partial charge in [0.15, 0.2) is 0 Å². The van der Waals surface area contributed by atoms with E-state index in [1.165, 1.54) is 0 Å². The summed E-state index contributed by atoms with van der Waals surface area (Å²) in [5, 5.41) is 5.31. The molecule has 4 heteroatoms. The minimum absolute atomic E-state index is 0.270. The summed E-state index contributed by atoms with van der Waals surface area (Å²) in [6.07, 6.45) is 0. The second-order valence-corrected chi connectivity index (χ2v) is 4.23. The Balaban J connectivity index is 2.72. The average Bonchev–Trinajstić information content (AvgIpc) is 2.08. The van der Waals surface area contributed by atoms with E-state index in [1.807, 2.05) is 25.1 Å². The van der Waals surface area contributed by atoms with Crippen molar-refractivity contribution in [2.45, 2.75) is 13.8 Å². The Morgan fingerprint density at radius 1 is 1.47 bits per heavy atom. The van der Waals surface area contributed by atoms with Crippen LogP contribution in [0.3, 0.4) is 0 Å². The van der Waals surface area contributed by atoms with Gasteiger partial charge in [-0.05, 0) is 37.6 Å².